The average molecular weight is 539 g/mol. The molecular formula is C32H34N4O4. The van der Waals surface area contributed by atoms with E-state index in [1.54, 1.807) is 18.2 Å². The zero-order valence-electron chi connectivity index (χ0n) is 22.8. The van der Waals surface area contributed by atoms with Crippen LogP contribution in [0, 0.1) is 6.92 Å². The summed E-state index contributed by atoms with van der Waals surface area (Å²) in [6, 6.07) is 21.6. The van der Waals surface area contributed by atoms with E-state index in [4.69, 9.17) is 9.72 Å². The Kier molecular flexibility index (Phi) is 7.36. The standard InChI is InChI=1S/C32H34N4O4/c1-22-5-7-23(8-6-22)17-24-3-2-4-25(18-24)31(37)35-14-12-34(13-15-35)21-30-33-28-10-9-26(32(38)39)19-29(28)36(30)20-27-11-16-40-27/h2-10,18-19,27H,11-17,20-21H2,1H3,(H,38,39)/t27-/m0/s1. The largest absolute Gasteiger partial charge is 0.478 e. The molecule has 3 heterocycles. The van der Waals surface area contributed by atoms with Gasteiger partial charge in [-0.25, -0.2) is 9.78 Å². The molecule has 40 heavy (non-hydrogen) atoms. The van der Waals surface area contributed by atoms with Crippen LogP contribution in [0.25, 0.3) is 11.0 Å². The SMILES string of the molecule is Cc1ccc(Cc2cccc(C(=O)N3CCN(Cc4nc5ccc(C(=O)O)cc5n4C[C@@H]4CCO4)CC3)c2)cc1. The van der Waals surface area contributed by atoms with Gasteiger partial charge in [0.05, 0.1) is 35.8 Å². The van der Waals surface area contributed by atoms with Crippen LogP contribution >= 0.6 is 0 Å². The lowest BCUT2D eigenvalue weighted by Gasteiger charge is -2.35. The number of hydrogen-bond donors (Lipinski definition) is 1. The van der Waals surface area contributed by atoms with Gasteiger partial charge < -0.3 is 19.3 Å². The zero-order chi connectivity index (χ0) is 27.6. The highest BCUT2D eigenvalue weighted by Crippen LogP contribution is 2.24. The molecule has 0 bridgehead atoms. The van der Waals surface area contributed by atoms with E-state index >= 15 is 0 Å². The fraction of sp³-hybridized carbons (Fsp3) is 0.344. The Labute approximate surface area is 233 Å². The number of imidazole rings is 1. The first-order chi connectivity index (χ1) is 19.4. The highest BCUT2D eigenvalue weighted by atomic mass is 16.5. The van der Waals surface area contributed by atoms with Crippen LogP contribution in [0.15, 0.2) is 66.7 Å². The lowest BCUT2D eigenvalue weighted by molar-refractivity contribution is -0.0592. The maximum atomic E-state index is 13.4. The first-order valence-electron chi connectivity index (χ1n) is 13.9. The fourth-order valence-corrected chi connectivity index (χ4v) is 5.51. The van der Waals surface area contributed by atoms with E-state index in [9.17, 15) is 14.7 Å². The van der Waals surface area contributed by atoms with E-state index in [2.05, 4.69) is 46.7 Å². The predicted octanol–water partition coefficient (Wildman–Crippen LogP) is 4.38. The first kappa shape index (κ1) is 26.2. The monoisotopic (exact) mass is 538 g/mol. The number of aromatic nitrogens is 2. The lowest BCUT2D eigenvalue weighted by atomic mass is 10.0. The van der Waals surface area contributed by atoms with Crippen LogP contribution in [-0.2, 0) is 24.2 Å². The summed E-state index contributed by atoms with van der Waals surface area (Å²) in [7, 11) is 0. The van der Waals surface area contributed by atoms with Gasteiger partial charge in [0.25, 0.3) is 5.91 Å². The summed E-state index contributed by atoms with van der Waals surface area (Å²) in [4.78, 5) is 34.0. The molecule has 8 heteroatoms. The Morgan fingerprint density at radius 2 is 1.73 bits per heavy atom. The van der Waals surface area contributed by atoms with Crippen LogP contribution in [0.5, 0.6) is 0 Å². The smallest absolute Gasteiger partial charge is 0.335 e. The van der Waals surface area contributed by atoms with Gasteiger partial charge in [0.2, 0.25) is 0 Å². The minimum Gasteiger partial charge on any atom is -0.478 e. The van der Waals surface area contributed by atoms with Gasteiger partial charge in [-0.1, -0.05) is 42.0 Å². The number of hydrogen-bond acceptors (Lipinski definition) is 5. The van der Waals surface area contributed by atoms with Gasteiger partial charge in [-0.15, -0.1) is 0 Å². The second-order valence-corrected chi connectivity index (χ2v) is 10.9. The van der Waals surface area contributed by atoms with Gasteiger partial charge >= 0.3 is 5.97 Å². The van der Waals surface area contributed by atoms with Crippen LogP contribution in [-0.4, -0.2) is 75.2 Å². The van der Waals surface area contributed by atoms with Crippen LogP contribution in [0.2, 0.25) is 0 Å². The molecule has 2 saturated heterocycles. The second kappa shape index (κ2) is 11.2. The molecule has 2 fully saturated rings. The van der Waals surface area contributed by atoms with Crippen molar-refractivity contribution in [1.29, 1.82) is 0 Å². The van der Waals surface area contributed by atoms with Gasteiger partial charge in [0.15, 0.2) is 0 Å². The van der Waals surface area contributed by atoms with E-state index in [1.165, 1.54) is 11.1 Å². The Morgan fingerprint density at radius 3 is 2.42 bits per heavy atom. The first-order valence-corrected chi connectivity index (χ1v) is 13.9. The lowest BCUT2D eigenvalue weighted by Crippen LogP contribution is -2.48. The van der Waals surface area contributed by atoms with Crippen molar-refractivity contribution in [2.75, 3.05) is 32.8 Å². The van der Waals surface area contributed by atoms with Crippen molar-refractivity contribution in [2.45, 2.75) is 39.0 Å². The molecule has 4 aromatic rings. The summed E-state index contributed by atoms with van der Waals surface area (Å²) in [5.74, 6) is 0.0233. The molecule has 0 radical (unpaired) electrons. The van der Waals surface area contributed by atoms with E-state index in [0.717, 1.165) is 60.5 Å². The number of piperazine rings is 1. The number of aromatic carboxylic acids is 1. The van der Waals surface area contributed by atoms with Gasteiger partial charge in [0, 0.05) is 38.3 Å². The highest BCUT2D eigenvalue weighted by molar-refractivity contribution is 5.94. The van der Waals surface area contributed by atoms with Crippen molar-refractivity contribution in [1.82, 2.24) is 19.4 Å². The molecule has 1 atom stereocenters. The molecule has 2 aliphatic heterocycles. The Morgan fingerprint density at radius 1 is 0.950 bits per heavy atom. The van der Waals surface area contributed by atoms with Crippen molar-refractivity contribution in [2.24, 2.45) is 0 Å². The van der Waals surface area contributed by atoms with Crippen LogP contribution < -0.4 is 0 Å². The number of carboxylic acid groups (broad SMARTS) is 1. The normalized spacial score (nSPS) is 17.6. The number of amides is 1. The molecule has 2 aliphatic rings. The third kappa shape index (κ3) is 5.64. The topological polar surface area (TPSA) is 87.9 Å². The minimum absolute atomic E-state index is 0.0703. The maximum absolute atomic E-state index is 13.4. The van der Waals surface area contributed by atoms with Crippen molar-refractivity contribution >= 4 is 22.9 Å². The predicted molar refractivity (Wildman–Crippen MR) is 153 cm³/mol. The molecule has 0 aliphatic carbocycles. The fourth-order valence-electron chi connectivity index (χ4n) is 5.51. The number of rotatable bonds is 8. The van der Waals surface area contributed by atoms with Crippen molar-refractivity contribution in [3.05, 3.63) is 100 Å². The van der Waals surface area contributed by atoms with E-state index in [1.807, 2.05) is 23.1 Å². The van der Waals surface area contributed by atoms with Gasteiger partial charge in [0.1, 0.15) is 5.82 Å². The number of ether oxygens (including phenoxy) is 1. The summed E-state index contributed by atoms with van der Waals surface area (Å²) < 4.78 is 7.80. The maximum Gasteiger partial charge on any atom is 0.335 e. The van der Waals surface area contributed by atoms with Crippen LogP contribution in [0.4, 0.5) is 0 Å². The Bertz CT molecular complexity index is 1530. The molecule has 6 rings (SSSR count). The van der Waals surface area contributed by atoms with Crippen LogP contribution in [0.3, 0.4) is 0 Å². The van der Waals surface area contributed by atoms with Crippen LogP contribution in [0.1, 0.15) is 49.7 Å². The number of aryl methyl sites for hydroxylation is 1. The second-order valence-electron chi connectivity index (χ2n) is 10.9. The molecular weight excluding hydrogens is 504 g/mol. The average Bonchev–Trinajstić information content (AvgIpc) is 3.28. The molecule has 1 N–H and O–H groups in total. The van der Waals surface area contributed by atoms with E-state index in [-0.39, 0.29) is 17.6 Å². The molecule has 206 valence electrons. The number of fused-ring (bicyclic) bond motifs is 1. The molecule has 8 nitrogen and oxygen atoms in total. The Hall–Kier alpha value is -4.01. The van der Waals surface area contributed by atoms with Crippen molar-refractivity contribution in [3.8, 4) is 0 Å². The minimum atomic E-state index is -0.947. The quantitative estimate of drug-likeness (QED) is 0.358. The number of benzene rings is 3. The third-order valence-electron chi connectivity index (χ3n) is 7.98. The Balaban J connectivity index is 1.12. The molecule has 3 aromatic carbocycles. The van der Waals surface area contributed by atoms with Gasteiger partial charge in [-0.3, -0.25) is 9.69 Å². The third-order valence-corrected chi connectivity index (χ3v) is 7.98. The van der Waals surface area contributed by atoms with Crippen molar-refractivity contribution in [3.63, 3.8) is 0 Å². The summed E-state index contributed by atoms with van der Waals surface area (Å²) in [5, 5.41) is 9.49. The van der Waals surface area contributed by atoms with Gasteiger partial charge in [-0.05, 0) is 61.2 Å². The molecule has 0 saturated carbocycles. The number of carbonyl (C=O) groups is 2. The molecule has 1 aromatic heterocycles. The molecule has 1 amide bonds. The highest BCUT2D eigenvalue weighted by Gasteiger charge is 2.26. The molecule has 0 unspecified atom stereocenters. The van der Waals surface area contributed by atoms with Gasteiger partial charge in [-0.2, -0.15) is 0 Å². The summed E-state index contributed by atoms with van der Waals surface area (Å²) in [6.07, 6.45) is 1.92. The summed E-state index contributed by atoms with van der Waals surface area (Å²) in [6.45, 7) is 6.94. The van der Waals surface area contributed by atoms with Crippen molar-refractivity contribution < 1.29 is 19.4 Å². The number of carboxylic acids is 1. The number of nitrogens with zero attached hydrogens (tertiary/aromatic N) is 4. The van der Waals surface area contributed by atoms with E-state index < -0.39 is 5.97 Å². The summed E-state index contributed by atoms with van der Waals surface area (Å²) in [5.41, 5.74) is 6.21. The van der Waals surface area contributed by atoms with E-state index in [0.29, 0.717) is 26.2 Å². The zero-order valence-corrected chi connectivity index (χ0v) is 22.8. The molecule has 0 spiro atoms. The number of carbonyl (C=O) groups excluding carboxylic acids is 1. The summed E-state index contributed by atoms with van der Waals surface area (Å²) >= 11 is 0.